The normalized spacial score (nSPS) is 30.7. The van der Waals surface area contributed by atoms with Crippen molar-refractivity contribution < 1.29 is 5.11 Å². The molecular formula is C10H22N2O. The molecule has 0 amide bonds. The van der Waals surface area contributed by atoms with Crippen LogP contribution in [-0.2, 0) is 0 Å². The molecule has 0 spiro atoms. The summed E-state index contributed by atoms with van der Waals surface area (Å²) in [4.78, 5) is 4.74. The van der Waals surface area contributed by atoms with Crippen molar-refractivity contribution in [1.82, 2.24) is 9.80 Å². The van der Waals surface area contributed by atoms with Gasteiger partial charge in [0, 0.05) is 31.3 Å². The summed E-state index contributed by atoms with van der Waals surface area (Å²) in [7, 11) is 4.31. The Morgan fingerprint density at radius 3 is 2.54 bits per heavy atom. The largest absolute Gasteiger partial charge is 0.396 e. The van der Waals surface area contributed by atoms with Crippen molar-refractivity contribution in [2.45, 2.75) is 31.8 Å². The third-order valence-corrected chi connectivity index (χ3v) is 3.24. The van der Waals surface area contributed by atoms with Gasteiger partial charge in [-0.15, -0.1) is 0 Å². The molecule has 3 nitrogen and oxygen atoms in total. The number of hydrogen-bond donors (Lipinski definition) is 1. The van der Waals surface area contributed by atoms with Crippen LogP contribution in [0.2, 0.25) is 0 Å². The predicted octanol–water partition coefficient (Wildman–Crippen LogP) is 0.393. The van der Waals surface area contributed by atoms with Gasteiger partial charge in [-0.25, -0.2) is 0 Å². The number of aliphatic hydroxyl groups is 1. The van der Waals surface area contributed by atoms with Gasteiger partial charge in [-0.05, 0) is 34.4 Å². The molecule has 78 valence electrons. The van der Waals surface area contributed by atoms with E-state index in [0.717, 1.165) is 19.5 Å². The minimum absolute atomic E-state index is 0.265. The van der Waals surface area contributed by atoms with Crippen LogP contribution in [0.3, 0.4) is 0 Å². The van der Waals surface area contributed by atoms with Crippen molar-refractivity contribution in [2.24, 2.45) is 0 Å². The summed E-state index contributed by atoms with van der Waals surface area (Å²) in [5, 5.41) is 8.91. The third-order valence-electron chi connectivity index (χ3n) is 3.24. The first-order chi connectivity index (χ1) is 5.97. The van der Waals surface area contributed by atoms with Crippen LogP contribution in [0.5, 0.6) is 0 Å². The van der Waals surface area contributed by atoms with Crippen LogP contribution in [0, 0.1) is 0 Å². The van der Waals surface area contributed by atoms with Gasteiger partial charge < -0.3 is 10.0 Å². The summed E-state index contributed by atoms with van der Waals surface area (Å²) in [6.45, 7) is 6.96. The van der Waals surface area contributed by atoms with Crippen LogP contribution in [0.25, 0.3) is 0 Å². The second-order valence-corrected chi connectivity index (χ2v) is 4.77. The van der Waals surface area contributed by atoms with Gasteiger partial charge in [0.2, 0.25) is 0 Å². The highest BCUT2D eigenvalue weighted by molar-refractivity contribution is 4.91. The average molecular weight is 186 g/mol. The molecule has 0 bridgehead atoms. The van der Waals surface area contributed by atoms with E-state index in [0.29, 0.717) is 12.6 Å². The van der Waals surface area contributed by atoms with Crippen molar-refractivity contribution >= 4 is 0 Å². The summed E-state index contributed by atoms with van der Waals surface area (Å²) < 4.78 is 0. The van der Waals surface area contributed by atoms with Gasteiger partial charge in [-0.1, -0.05) is 0 Å². The van der Waals surface area contributed by atoms with Crippen molar-refractivity contribution in [3.63, 3.8) is 0 Å². The lowest BCUT2D eigenvalue weighted by molar-refractivity contribution is 0.00536. The highest BCUT2D eigenvalue weighted by Crippen LogP contribution is 2.22. The molecule has 0 saturated carbocycles. The van der Waals surface area contributed by atoms with Crippen LogP contribution in [-0.4, -0.2) is 60.3 Å². The van der Waals surface area contributed by atoms with E-state index in [-0.39, 0.29) is 5.54 Å². The zero-order valence-corrected chi connectivity index (χ0v) is 9.25. The zero-order valence-electron chi connectivity index (χ0n) is 9.25. The Labute approximate surface area is 81.3 Å². The number of nitrogens with zero attached hydrogens (tertiary/aromatic N) is 2. The van der Waals surface area contributed by atoms with Crippen molar-refractivity contribution in [2.75, 3.05) is 33.8 Å². The van der Waals surface area contributed by atoms with Gasteiger partial charge in [0.05, 0.1) is 0 Å². The number of rotatable bonds is 2. The van der Waals surface area contributed by atoms with Crippen LogP contribution in [0.15, 0.2) is 0 Å². The predicted molar refractivity (Wildman–Crippen MR) is 54.8 cm³/mol. The van der Waals surface area contributed by atoms with Crippen LogP contribution in [0.4, 0.5) is 0 Å². The lowest BCUT2D eigenvalue weighted by Crippen LogP contribution is -2.60. The molecular weight excluding hydrogens is 164 g/mol. The van der Waals surface area contributed by atoms with Crippen molar-refractivity contribution in [1.29, 1.82) is 0 Å². The fourth-order valence-corrected chi connectivity index (χ4v) is 2.02. The molecule has 0 aromatic rings. The third kappa shape index (κ3) is 2.42. The van der Waals surface area contributed by atoms with E-state index in [1.165, 1.54) is 0 Å². The van der Waals surface area contributed by atoms with E-state index in [4.69, 9.17) is 5.11 Å². The standard InChI is InChI=1S/C10H22N2O/c1-10(2)8-11(3)9(5-6-13)7-12(10)4/h9,13H,5-8H2,1-4H3. The SMILES string of the molecule is CN1CC(C)(C)N(C)CC1CCO. The molecule has 1 aliphatic heterocycles. The first-order valence-electron chi connectivity index (χ1n) is 4.99. The Morgan fingerprint density at radius 1 is 1.38 bits per heavy atom. The second-order valence-electron chi connectivity index (χ2n) is 4.77. The van der Waals surface area contributed by atoms with Crippen LogP contribution in [0.1, 0.15) is 20.3 Å². The molecule has 13 heavy (non-hydrogen) atoms. The lowest BCUT2D eigenvalue weighted by atomic mass is 9.96. The Bertz CT molecular complexity index is 170. The fourth-order valence-electron chi connectivity index (χ4n) is 2.02. The fraction of sp³-hybridized carbons (Fsp3) is 1.00. The number of hydrogen-bond acceptors (Lipinski definition) is 3. The average Bonchev–Trinajstić information content (AvgIpc) is 2.00. The summed E-state index contributed by atoms with van der Waals surface area (Å²) in [5.74, 6) is 0. The molecule has 3 heteroatoms. The maximum absolute atomic E-state index is 8.91. The minimum atomic E-state index is 0.265. The van der Waals surface area contributed by atoms with Gasteiger partial charge in [-0.3, -0.25) is 4.90 Å². The number of likely N-dealkylation sites (N-methyl/N-ethyl adjacent to an activating group) is 2. The highest BCUT2D eigenvalue weighted by Gasteiger charge is 2.34. The second kappa shape index (κ2) is 3.95. The summed E-state index contributed by atoms with van der Waals surface area (Å²) in [5.41, 5.74) is 0.265. The molecule has 1 fully saturated rings. The zero-order chi connectivity index (χ0) is 10.1. The van der Waals surface area contributed by atoms with Gasteiger partial charge in [-0.2, -0.15) is 0 Å². The summed E-state index contributed by atoms with van der Waals surface area (Å²) in [6, 6.07) is 0.517. The quantitative estimate of drug-likeness (QED) is 0.676. The molecule has 1 atom stereocenters. The van der Waals surface area contributed by atoms with Crippen molar-refractivity contribution in [3.05, 3.63) is 0 Å². The Balaban J connectivity index is 2.57. The molecule has 0 aromatic heterocycles. The molecule has 0 radical (unpaired) electrons. The molecule has 1 unspecified atom stereocenters. The van der Waals surface area contributed by atoms with E-state index in [1.54, 1.807) is 0 Å². The first kappa shape index (κ1) is 11.0. The molecule has 1 aliphatic rings. The van der Waals surface area contributed by atoms with Crippen LogP contribution < -0.4 is 0 Å². The summed E-state index contributed by atoms with van der Waals surface area (Å²) in [6.07, 6.45) is 0.886. The minimum Gasteiger partial charge on any atom is -0.396 e. The van der Waals surface area contributed by atoms with E-state index < -0.39 is 0 Å². The Kier molecular flexibility index (Phi) is 3.33. The maximum atomic E-state index is 8.91. The van der Waals surface area contributed by atoms with Gasteiger partial charge in [0.25, 0.3) is 0 Å². The Morgan fingerprint density at radius 2 is 2.00 bits per heavy atom. The van der Waals surface area contributed by atoms with E-state index in [1.807, 2.05) is 0 Å². The number of aliphatic hydroxyl groups excluding tert-OH is 1. The monoisotopic (exact) mass is 186 g/mol. The summed E-state index contributed by atoms with van der Waals surface area (Å²) >= 11 is 0. The van der Waals surface area contributed by atoms with E-state index >= 15 is 0 Å². The Hall–Kier alpha value is -0.120. The van der Waals surface area contributed by atoms with E-state index in [2.05, 4.69) is 37.7 Å². The highest BCUT2D eigenvalue weighted by atomic mass is 16.3. The number of piperazine rings is 1. The smallest absolute Gasteiger partial charge is 0.0446 e. The van der Waals surface area contributed by atoms with Crippen LogP contribution >= 0.6 is 0 Å². The molecule has 0 aliphatic carbocycles. The topological polar surface area (TPSA) is 26.7 Å². The lowest BCUT2D eigenvalue weighted by Gasteiger charge is -2.48. The first-order valence-corrected chi connectivity index (χ1v) is 4.99. The molecule has 1 N–H and O–H groups in total. The molecule has 1 saturated heterocycles. The maximum Gasteiger partial charge on any atom is 0.0446 e. The molecule has 1 rings (SSSR count). The van der Waals surface area contributed by atoms with Crippen molar-refractivity contribution in [3.8, 4) is 0 Å². The van der Waals surface area contributed by atoms with Gasteiger partial charge in [0.15, 0.2) is 0 Å². The van der Waals surface area contributed by atoms with Gasteiger partial charge in [0.1, 0.15) is 0 Å². The van der Waals surface area contributed by atoms with Gasteiger partial charge >= 0.3 is 0 Å². The van der Waals surface area contributed by atoms with E-state index in [9.17, 15) is 0 Å². The molecule has 1 heterocycles. The molecule has 0 aromatic carbocycles.